The van der Waals surface area contributed by atoms with Crippen molar-refractivity contribution < 1.29 is 19.8 Å². The molecule has 0 fully saturated rings. The number of rotatable bonds is 5. The standard InChI is InChI=1S/C18H16ClNO4/c1-11-3-8-14(16(10-24-2)18(21)22)17(15(11)9-20-23)12-4-6-13(19)7-5-12/h3-10,23H,1-2H3,(H,21,22). The summed E-state index contributed by atoms with van der Waals surface area (Å²) < 4.78 is 4.91. The third-order valence-corrected chi connectivity index (χ3v) is 3.79. The molecule has 0 spiro atoms. The molecule has 2 rings (SSSR count). The maximum absolute atomic E-state index is 11.6. The fourth-order valence-electron chi connectivity index (χ4n) is 2.45. The molecule has 0 unspecified atom stereocenters. The largest absolute Gasteiger partial charge is 0.503 e. The maximum Gasteiger partial charge on any atom is 0.339 e. The summed E-state index contributed by atoms with van der Waals surface area (Å²) >= 11 is 5.94. The van der Waals surface area contributed by atoms with Gasteiger partial charge in [0, 0.05) is 16.1 Å². The van der Waals surface area contributed by atoms with Crippen LogP contribution in [0.1, 0.15) is 16.7 Å². The lowest BCUT2D eigenvalue weighted by Crippen LogP contribution is -2.05. The quantitative estimate of drug-likeness (QED) is 0.280. The van der Waals surface area contributed by atoms with Gasteiger partial charge in [0.1, 0.15) is 5.57 Å². The molecule has 5 nitrogen and oxygen atoms in total. The molecule has 0 saturated carbocycles. The third kappa shape index (κ3) is 3.58. The average molecular weight is 346 g/mol. The van der Waals surface area contributed by atoms with Gasteiger partial charge in [-0.1, -0.05) is 41.0 Å². The van der Waals surface area contributed by atoms with Gasteiger partial charge in [-0.25, -0.2) is 4.79 Å². The Bertz CT molecular complexity index is 811. The van der Waals surface area contributed by atoms with Crippen LogP contribution < -0.4 is 0 Å². The van der Waals surface area contributed by atoms with E-state index < -0.39 is 5.97 Å². The number of aryl methyl sites for hydroxylation is 1. The summed E-state index contributed by atoms with van der Waals surface area (Å²) in [6.07, 6.45) is 2.46. The summed E-state index contributed by atoms with van der Waals surface area (Å²) in [6.45, 7) is 1.85. The van der Waals surface area contributed by atoms with E-state index >= 15 is 0 Å². The predicted molar refractivity (Wildman–Crippen MR) is 93.6 cm³/mol. The van der Waals surface area contributed by atoms with Gasteiger partial charge in [-0.15, -0.1) is 0 Å². The zero-order valence-electron chi connectivity index (χ0n) is 13.2. The third-order valence-electron chi connectivity index (χ3n) is 3.54. The number of ether oxygens (including phenoxy) is 1. The normalized spacial score (nSPS) is 11.7. The molecule has 24 heavy (non-hydrogen) atoms. The van der Waals surface area contributed by atoms with Crippen molar-refractivity contribution in [2.45, 2.75) is 6.92 Å². The van der Waals surface area contributed by atoms with Gasteiger partial charge in [-0.2, -0.15) is 0 Å². The highest BCUT2D eigenvalue weighted by atomic mass is 35.5. The first-order valence-corrected chi connectivity index (χ1v) is 7.41. The molecule has 0 radical (unpaired) electrons. The molecule has 0 atom stereocenters. The van der Waals surface area contributed by atoms with Crippen LogP contribution in [0.2, 0.25) is 5.02 Å². The molecule has 0 aliphatic rings. The second-order valence-corrected chi connectivity index (χ2v) is 5.48. The Hall–Kier alpha value is -2.79. The van der Waals surface area contributed by atoms with Crippen molar-refractivity contribution in [1.82, 2.24) is 0 Å². The summed E-state index contributed by atoms with van der Waals surface area (Å²) in [4.78, 5) is 11.6. The van der Waals surface area contributed by atoms with Crippen molar-refractivity contribution >= 4 is 29.4 Å². The number of carboxylic acids is 1. The maximum atomic E-state index is 11.6. The van der Waals surface area contributed by atoms with Crippen LogP contribution in [0.25, 0.3) is 16.7 Å². The lowest BCUT2D eigenvalue weighted by atomic mass is 9.88. The first kappa shape index (κ1) is 17.6. The van der Waals surface area contributed by atoms with Crippen molar-refractivity contribution in [2.24, 2.45) is 5.16 Å². The highest BCUT2D eigenvalue weighted by Crippen LogP contribution is 2.34. The molecule has 0 heterocycles. The zero-order valence-corrected chi connectivity index (χ0v) is 13.9. The van der Waals surface area contributed by atoms with Crippen molar-refractivity contribution in [3.8, 4) is 11.1 Å². The van der Waals surface area contributed by atoms with Gasteiger partial charge < -0.3 is 15.1 Å². The Labute approximate surface area is 144 Å². The van der Waals surface area contributed by atoms with Gasteiger partial charge >= 0.3 is 5.97 Å². The van der Waals surface area contributed by atoms with Gasteiger partial charge in [-0.05, 0) is 35.7 Å². The van der Waals surface area contributed by atoms with Crippen LogP contribution in [0.3, 0.4) is 0 Å². The van der Waals surface area contributed by atoms with Crippen LogP contribution in [0, 0.1) is 6.92 Å². The van der Waals surface area contributed by atoms with E-state index in [4.69, 9.17) is 21.5 Å². The van der Waals surface area contributed by atoms with Crippen LogP contribution in [0.15, 0.2) is 47.8 Å². The number of halogens is 1. The second-order valence-electron chi connectivity index (χ2n) is 5.04. The number of nitrogens with zero attached hydrogens (tertiary/aromatic N) is 1. The van der Waals surface area contributed by atoms with Crippen LogP contribution in [-0.2, 0) is 9.53 Å². The number of carboxylic acid groups (broad SMARTS) is 1. The van der Waals surface area contributed by atoms with Crippen molar-refractivity contribution in [3.05, 3.63) is 64.4 Å². The number of hydrogen-bond acceptors (Lipinski definition) is 4. The summed E-state index contributed by atoms with van der Waals surface area (Å²) in [5.41, 5.74) is 3.26. The van der Waals surface area contributed by atoms with E-state index in [9.17, 15) is 9.90 Å². The molecule has 6 heteroatoms. The fraction of sp³-hybridized carbons (Fsp3) is 0.111. The Morgan fingerprint density at radius 1 is 1.21 bits per heavy atom. The van der Waals surface area contributed by atoms with E-state index in [0.29, 0.717) is 21.7 Å². The molecule has 0 bridgehead atoms. The van der Waals surface area contributed by atoms with Crippen LogP contribution in [0.4, 0.5) is 0 Å². The molecule has 0 aliphatic carbocycles. The van der Waals surface area contributed by atoms with Crippen molar-refractivity contribution in [3.63, 3.8) is 0 Å². The number of oxime groups is 1. The molecule has 0 aromatic heterocycles. The van der Waals surface area contributed by atoms with Gasteiger partial charge in [0.2, 0.25) is 0 Å². The average Bonchev–Trinajstić information content (AvgIpc) is 2.55. The number of hydrogen-bond donors (Lipinski definition) is 2. The van der Waals surface area contributed by atoms with Gasteiger partial charge in [0.25, 0.3) is 0 Å². The highest BCUT2D eigenvalue weighted by Gasteiger charge is 2.20. The number of methoxy groups -OCH3 is 1. The zero-order chi connectivity index (χ0) is 17.7. The Morgan fingerprint density at radius 3 is 2.42 bits per heavy atom. The molecular formula is C18H16ClNO4. The monoisotopic (exact) mass is 345 g/mol. The second kappa shape index (κ2) is 7.66. The number of carbonyl (C=O) groups is 1. The Balaban J connectivity index is 2.85. The molecule has 124 valence electrons. The lowest BCUT2D eigenvalue weighted by Gasteiger charge is -2.16. The minimum atomic E-state index is -1.12. The molecular weight excluding hydrogens is 330 g/mol. The lowest BCUT2D eigenvalue weighted by molar-refractivity contribution is -0.130. The first-order chi connectivity index (χ1) is 11.5. The van der Waals surface area contributed by atoms with E-state index in [2.05, 4.69) is 5.16 Å². The van der Waals surface area contributed by atoms with E-state index in [0.717, 1.165) is 11.1 Å². The van der Waals surface area contributed by atoms with Crippen LogP contribution in [0.5, 0.6) is 0 Å². The fourth-order valence-corrected chi connectivity index (χ4v) is 2.57. The van der Waals surface area contributed by atoms with Gasteiger partial charge in [0.05, 0.1) is 19.6 Å². The number of benzene rings is 2. The Morgan fingerprint density at radius 2 is 1.88 bits per heavy atom. The molecule has 0 amide bonds. The minimum absolute atomic E-state index is 0.00459. The van der Waals surface area contributed by atoms with E-state index in [1.165, 1.54) is 19.6 Å². The summed E-state index contributed by atoms with van der Waals surface area (Å²) in [5, 5.41) is 22.2. The van der Waals surface area contributed by atoms with E-state index in [-0.39, 0.29) is 5.57 Å². The summed E-state index contributed by atoms with van der Waals surface area (Å²) in [7, 11) is 1.38. The smallest absolute Gasteiger partial charge is 0.339 e. The topological polar surface area (TPSA) is 79.1 Å². The molecule has 0 aliphatic heterocycles. The summed E-state index contributed by atoms with van der Waals surface area (Å²) in [6, 6.07) is 10.4. The molecule has 2 aromatic rings. The highest BCUT2D eigenvalue weighted by molar-refractivity contribution is 6.30. The van der Waals surface area contributed by atoms with Crippen molar-refractivity contribution in [2.75, 3.05) is 7.11 Å². The van der Waals surface area contributed by atoms with Gasteiger partial charge in [-0.3, -0.25) is 0 Å². The van der Waals surface area contributed by atoms with Crippen LogP contribution in [-0.4, -0.2) is 29.6 Å². The van der Waals surface area contributed by atoms with E-state index in [1.54, 1.807) is 36.4 Å². The molecule has 2 N–H and O–H groups in total. The molecule has 0 saturated heterocycles. The Kier molecular flexibility index (Phi) is 5.60. The van der Waals surface area contributed by atoms with E-state index in [1.807, 2.05) is 6.92 Å². The minimum Gasteiger partial charge on any atom is -0.503 e. The first-order valence-electron chi connectivity index (χ1n) is 7.03. The molecule has 2 aromatic carbocycles. The number of aliphatic carboxylic acids is 1. The van der Waals surface area contributed by atoms with Crippen LogP contribution >= 0.6 is 11.6 Å². The summed E-state index contributed by atoms with van der Waals surface area (Å²) in [5.74, 6) is -1.12. The predicted octanol–water partition coefficient (Wildman–Crippen LogP) is 4.20. The van der Waals surface area contributed by atoms with Crippen molar-refractivity contribution in [1.29, 1.82) is 0 Å². The SMILES string of the molecule is COC=C(C(=O)O)c1ccc(C)c(C=NO)c1-c1ccc(Cl)cc1. The van der Waals surface area contributed by atoms with Gasteiger partial charge in [0.15, 0.2) is 0 Å².